The van der Waals surface area contributed by atoms with Crippen molar-refractivity contribution in [2.45, 2.75) is 6.92 Å². The molecule has 0 atom stereocenters. The summed E-state index contributed by atoms with van der Waals surface area (Å²) < 4.78 is 20.8. The highest BCUT2D eigenvalue weighted by Gasteiger charge is 2.16. The highest BCUT2D eigenvalue weighted by Crippen LogP contribution is 2.24. The molecule has 2 aromatic heterocycles. The van der Waals surface area contributed by atoms with Gasteiger partial charge in [-0.05, 0) is 31.2 Å². The topological polar surface area (TPSA) is 69.0 Å². The number of nitrogens with one attached hydrogen (secondary N) is 1. The molecule has 1 N–H and O–H groups in total. The van der Waals surface area contributed by atoms with Gasteiger partial charge >= 0.3 is 0 Å². The van der Waals surface area contributed by atoms with Gasteiger partial charge in [0.2, 0.25) is 0 Å². The Labute approximate surface area is 137 Å². The minimum absolute atomic E-state index is 0.0551. The lowest BCUT2D eigenvalue weighted by Gasteiger charge is -2.11. The molecule has 1 aromatic carbocycles. The van der Waals surface area contributed by atoms with Gasteiger partial charge in [-0.25, -0.2) is 14.4 Å². The van der Waals surface area contributed by atoms with Crippen LogP contribution in [0.1, 0.15) is 17.3 Å². The minimum atomic E-state index is -0.571. The average Bonchev–Trinajstić information content (AvgIpc) is 3.12. The fourth-order valence-electron chi connectivity index (χ4n) is 2.18. The number of para-hydroxylation sites is 1. The fourth-order valence-corrected chi connectivity index (χ4v) is 2.18. The molecule has 0 fully saturated rings. The maximum absolute atomic E-state index is 13.8. The smallest absolute Gasteiger partial charge is 0.259 e. The van der Waals surface area contributed by atoms with E-state index in [2.05, 4.69) is 15.3 Å². The van der Waals surface area contributed by atoms with Crippen LogP contribution in [-0.2, 0) is 0 Å². The molecule has 0 radical (unpaired) electrons. The number of rotatable bonds is 5. The van der Waals surface area contributed by atoms with Crippen LogP contribution >= 0.6 is 0 Å². The first-order valence-electron chi connectivity index (χ1n) is 7.36. The molecule has 0 saturated heterocycles. The molecular weight excluding hydrogens is 311 g/mol. The molecule has 24 heavy (non-hydrogen) atoms. The molecule has 0 aliphatic rings. The Bertz CT molecular complexity index is 832. The van der Waals surface area contributed by atoms with Crippen LogP contribution in [0.5, 0.6) is 5.75 Å². The Morgan fingerprint density at radius 2 is 2.21 bits per heavy atom. The normalized spacial score (nSPS) is 10.4. The van der Waals surface area contributed by atoms with Gasteiger partial charge in [0.1, 0.15) is 12.1 Å². The molecule has 0 aliphatic carbocycles. The van der Waals surface area contributed by atoms with Crippen molar-refractivity contribution >= 4 is 11.6 Å². The van der Waals surface area contributed by atoms with Crippen molar-refractivity contribution in [3.63, 3.8) is 0 Å². The first-order valence-corrected chi connectivity index (χ1v) is 7.36. The molecule has 1 amide bonds. The number of aromatic nitrogens is 3. The Hall–Kier alpha value is -3.22. The Balaban J connectivity index is 1.79. The summed E-state index contributed by atoms with van der Waals surface area (Å²) in [5, 5.41) is 2.68. The maximum Gasteiger partial charge on any atom is 0.259 e. The van der Waals surface area contributed by atoms with E-state index in [-0.39, 0.29) is 17.9 Å². The molecule has 0 saturated carbocycles. The quantitative estimate of drug-likeness (QED) is 0.782. The predicted molar refractivity (Wildman–Crippen MR) is 86.9 cm³/mol. The van der Waals surface area contributed by atoms with Crippen LogP contribution in [-0.4, -0.2) is 27.0 Å². The lowest BCUT2D eigenvalue weighted by atomic mass is 10.1. The third-order valence-electron chi connectivity index (χ3n) is 3.27. The highest BCUT2D eigenvalue weighted by molar-refractivity contribution is 6.06. The number of pyridine rings is 1. The van der Waals surface area contributed by atoms with Crippen molar-refractivity contribution in [1.29, 1.82) is 0 Å². The SMILES string of the molecule is CCOc1c(F)cccc1C(=O)Nc1ccc(-n2ccnc2)nc1. The first kappa shape index (κ1) is 15.7. The van der Waals surface area contributed by atoms with Crippen LogP contribution in [0.3, 0.4) is 0 Å². The number of imidazole rings is 1. The molecule has 3 rings (SSSR count). The first-order chi connectivity index (χ1) is 11.7. The molecule has 0 spiro atoms. The van der Waals surface area contributed by atoms with Crippen LogP contribution in [0.4, 0.5) is 10.1 Å². The Kier molecular flexibility index (Phi) is 4.51. The van der Waals surface area contributed by atoms with E-state index in [0.717, 1.165) is 0 Å². The number of hydrogen-bond acceptors (Lipinski definition) is 4. The molecule has 6 nitrogen and oxygen atoms in total. The molecular formula is C17H15FN4O2. The van der Waals surface area contributed by atoms with E-state index in [1.807, 2.05) is 0 Å². The largest absolute Gasteiger partial charge is 0.490 e. The molecule has 0 unspecified atom stereocenters. The number of carbonyl (C=O) groups is 1. The van der Waals surface area contributed by atoms with Crippen molar-refractivity contribution < 1.29 is 13.9 Å². The molecule has 0 aliphatic heterocycles. The monoisotopic (exact) mass is 326 g/mol. The fraction of sp³-hybridized carbons (Fsp3) is 0.118. The number of benzene rings is 1. The summed E-state index contributed by atoms with van der Waals surface area (Å²) in [5.41, 5.74) is 0.631. The van der Waals surface area contributed by atoms with Gasteiger partial charge in [0.05, 0.1) is 24.1 Å². The summed E-state index contributed by atoms with van der Waals surface area (Å²) in [6.07, 6.45) is 6.56. The number of hydrogen-bond donors (Lipinski definition) is 1. The zero-order chi connectivity index (χ0) is 16.9. The standard InChI is InChI=1S/C17H15FN4O2/c1-2-24-16-13(4-3-5-14(16)18)17(23)21-12-6-7-15(20-10-12)22-9-8-19-11-22/h3-11H,2H2,1H3,(H,21,23). The number of nitrogens with zero attached hydrogens (tertiary/aromatic N) is 3. The van der Waals surface area contributed by atoms with E-state index in [1.165, 1.54) is 24.4 Å². The van der Waals surface area contributed by atoms with E-state index in [9.17, 15) is 9.18 Å². The van der Waals surface area contributed by atoms with E-state index in [4.69, 9.17) is 4.74 Å². The molecule has 122 valence electrons. The second kappa shape index (κ2) is 6.91. The third-order valence-corrected chi connectivity index (χ3v) is 3.27. The minimum Gasteiger partial charge on any atom is -0.490 e. The predicted octanol–water partition coefficient (Wildman–Crippen LogP) is 3.06. The van der Waals surface area contributed by atoms with Crippen molar-refractivity contribution in [2.24, 2.45) is 0 Å². The lowest BCUT2D eigenvalue weighted by Crippen LogP contribution is -2.14. The van der Waals surface area contributed by atoms with Crippen molar-refractivity contribution in [1.82, 2.24) is 14.5 Å². The number of anilines is 1. The average molecular weight is 326 g/mol. The van der Waals surface area contributed by atoms with E-state index in [0.29, 0.717) is 11.5 Å². The van der Waals surface area contributed by atoms with Crippen LogP contribution in [0.25, 0.3) is 5.82 Å². The number of amides is 1. The Morgan fingerprint density at radius 1 is 1.33 bits per heavy atom. The van der Waals surface area contributed by atoms with Crippen LogP contribution < -0.4 is 10.1 Å². The molecule has 7 heteroatoms. The van der Waals surface area contributed by atoms with E-state index < -0.39 is 11.7 Å². The highest BCUT2D eigenvalue weighted by atomic mass is 19.1. The molecule has 2 heterocycles. The van der Waals surface area contributed by atoms with Crippen LogP contribution in [0.2, 0.25) is 0 Å². The summed E-state index contributed by atoms with van der Waals surface area (Å²) in [5.74, 6) is -0.417. The maximum atomic E-state index is 13.8. The van der Waals surface area contributed by atoms with Gasteiger partial charge in [-0.15, -0.1) is 0 Å². The van der Waals surface area contributed by atoms with Gasteiger partial charge in [-0.3, -0.25) is 9.36 Å². The number of ether oxygens (including phenoxy) is 1. The van der Waals surface area contributed by atoms with Crippen molar-refractivity contribution in [2.75, 3.05) is 11.9 Å². The van der Waals surface area contributed by atoms with Gasteiger partial charge in [0.25, 0.3) is 5.91 Å². The second-order valence-electron chi connectivity index (χ2n) is 4.88. The number of halogens is 1. The van der Waals surface area contributed by atoms with E-state index >= 15 is 0 Å². The van der Waals surface area contributed by atoms with Crippen LogP contribution in [0, 0.1) is 5.82 Å². The van der Waals surface area contributed by atoms with Crippen molar-refractivity contribution in [3.8, 4) is 11.6 Å². The van der Waals surface area contributed by atoms with Gasteiger partial charge < -0.3 is 10.1 Å². The zero-order valence-corrected chi connectivity index (χ0v) is 12.9. The van der Waals surface area contributed by atoms with E-state index in [1.54, 1.807) is 42.3 Å². The summed E-state index contributed by atoms with van der Waals surface area (Å²) in [6.45, 7) is 2.00. The van der Waals surface area contributed by atoms with Gasteiger partial charge in [-0.1, -0.05) is 6.07 Å². The summed E-state index contributed by atoms with van der Waals surface area (Å²) >= 11 is 0. The summed E-state index contributed by atoms with van der Waals surface area (Å²) in [6, 6.07) is 7.68. The lowest BCUT2D eigenvalue weighted by molar-refractivity contribution is 0.102. The van der Waals surface area contributed by atoms with Gasteiger partial charge in [0.15, 0.2) is 11.6 Å². The second-order valence-corrected chi connectivity index (χ2v) is 4.88. The summed E-state index contributed by atoms with van der Waals surface area (Å²) in [4.78, 5) is 20.6. The van der Waals surface area contributed by atoms with Crippen LogP contribution in [0.15, 0.2) is 55.2 Å². The third kappa shape index (κ3) is 3.24. The number of carbonyl (C=O) groups excluding carboxylic acids is 1. The molecule has 0 bridgehead atoms. The van der Waals surface area contributed by atoms with Gasteiger partial charge in [-0.2, -0.15) is 0 Å². The van der Waals surface area contributed by atoms with Crippen molar-refractivity contribution in [3.05, 3.63) is 66.6 Å². The Morgan fingerprint density at radius 3 is 2.88 bits per heavy atom. The van der Waals surface area contributed by atoms with Gasteiger partial charge in [0, 0.05) is 12.4 Å². The summed E-state index contributed by atoms with van der Waals surface area (Å²) in [7, 11) is 0. The molecule has 3 aromatic rings. The zero-order valence-electron chi connectivity index (χ0n) is 12.9.